The predicted octanol–water partition coefficient (Wildman–Crippen LogP) is -0.457. The highest BCUT2D eigenvalue weighted by Gasteiger charge is 2.25. The lowest BCUT2D eigenvalue weighted by atomic mass is 10.1. The number of hydrogen-bond acceptors (Lipinski definition) is 4. The van der Waals surface area contributed by atoms with Crippen molar-refractivity contribution >= 4 is 0 Å². The van der Waals surface area contributed by atoms with E-state index in [-0.39, 0.29) is 6.61 Å². The fourth-order valence-electron chi connectivity index (χ4n) is 2.14. The molecule has 1 aliphatic rings. The van der Waals surface area contributed by atoms with Crippen molar-refractivity contribution in [2.45, 2.75) is 37.8 Å². The third-order valence-electron chi connectivity index (χ3n) is 2.90. The minimum atomic E-state index is -0.589. The Morgan fingerprint density at radius 2 is 2.29 bits per heavy atom. The van der Waals surface area contributed by atoms with E-state index in [2.05, 4.69) is 4.90 Å². The Kier molecular flexibility index (Phi) is 5.40. The molecule has 0 aromatic heterocycles. The summed E-state index contributed by atoms with van der Waals surface area (Å²) >= 11 is 0. The van der Waals surface area contributed by atoms with E-state index in [9.17, 15) is 5.11 Å². The number of aliphatic hydroxyl groups is 2. The smallest absolute Gasteiger partial charge is 0.0897 e. The van der Waals surface area contributed by atoms with Gasteiger partial charge in [0.1, 0.15) is 0 Å². The first-order valence-electron chi connectivity index (χ1n) is 5.51. The standard InChI is InChI=1S/C10H22N2O2/c11-5-1-3-9-4-2-6-12(9)7-10(14)8-13/h9-10,13-14H,1-8,11H2. The van der Waals surface area contributed by atoms with E-state index in [1.807, 2.05) is 0 Å². The molecule has 1 fully saturated rings. The molecule has 4 N–H and O–H groups in total. The van der Waals surface area contributed by atoms with Gasteiger partial charge in [0.05, 0.1) is 12.7 Å². The van der Waals surface area contributed by atoms with Crippen molar-refractivity contribution in [2.24, 2.45) is 5.73 Å². The Bertz CT molecular complexity index is 155. The molecule has 4 nitrogen and oxygen atoms in total. The zero-order valence-electron chi connectivity index (χ0n) is 8.73. The van der Waals surface area contributed by atoms with Gasteiger partial charge >= 0.3 is 0 Å². The average molecular weight is 202 g/mol. The van der Waals surface area contributed by atoms with Crippen LogP contribution in [0.5, 0.6) is 0 Å². The molecule has 0 radical (unpaired) electrons. The largest absolute Gasteiger partial charge is 0.394 e. The molecule has 0 amide bonds. The molecule has 1 saturated heterocycles. The molecular formula is C10H22N2O2. The molecule has 14 heavy (non-hydrogen) atoms. The van der Waals surface area contributed by atoms with Gasteiger partial charge in [-0.3, -0.25) is 4.90 Å². The molecule has 0 saturated carbocycles. The molecule has 0 aliphatic carbocycles. The summed E-state index contributed by atoms with van der Waals surface area (Å²) in [7, 11) is 0. The van der Waals surface area contributed by atoms with Crippen LogP contribution in [-0.2, 0) is 0 Å². The molecule has 0 spiro atoms. The second-order valence-corrected chi connectivity index (χ2v) is 4.06. The number of nitrogens with zero attached hydrogens (tertiary/aromatic N) is 1. The van der Waals surface area contributed by atoms with Gasteiger partial charge in [-0.1, -0.05) is 0 Å². The number of rotatable bonds is 6. The molecule has 1 heterocycles. The molecular weight excluding hydrogens is 180 g/mol. The second kappa shape index (κ2) is 6.35. The van der Waals surface area contributed by atoms with Crippen molar-refractivity contribution in [3.05, 3.63) is 0 Å². The summed E-state index contributed by atoms with van der Waals surface area (Å²) in [4.78, 5) is 2.27. The average Bonchev–Trinajstić information content (AvgIpc) is 2.62. The summed E-state index contributed by atoms with van der Waals surface area (Å²) in [6, 6.07) is 0.569. The normalized spacial score (nSPS) is 25.5. The third-order valence-corrected chi connectivity index (χ3v) is 2.90. The van der Waals surface area contributed by atoms with Crippen LogP contribution in [0.15, 0.2) is 0 Å². The van der Waals surface area contributed by atoms with Crippen LogP contribution in [0.1, 0.15) is 25.7 Å². The predicted molar refractivity (Wildman–Crippen MR) is 56.0 cm³/mol. The second-order valence-electron chi connectivity index (χ2n) is 4.06. The SMILES string of the molecule is NCCCC1CCCN1CC(O)CO. The van der Waals surface area contributed by atoms with Crippen molar-refractivity contribution in [3.63, 3.8) is 0 Å². The zero-order valence-corrected chi connectivity index (χ0v) is 8.73. The fourth-order valence-corrected chi connectivity index (χ4v) is 2.14. The van der Waals surface area contributed by atoms with Gasteiger partial charge in [-0.05, 0) is 38.8 Å². The molecule has 0 bridgehead atoms. The Morgan fingerprint density at radius 1 is 1.50 bits per heavy atom. The molecule has 0 aromatic carbocycles. The van der Waals surface area contributed by atoms with Crippen molar-refractivity contribution < 1.29 is 10.2 Å². The van der Waals surface area contributed by atoms with E-state index in [1.165, 1.54) is 12.8 Å². The van der Waals surface area contributed by atoms with Gasteiger partial charge < -0.3 is 15.9 Å². The van der Waals surface area contributed by atoms with Crippen LogP contribution < -0.4 is 5.73 Å². The van der Waals surface area contributed by atoms with Gasteiger partial charge in [0.15, 0.2) is 0 Å². The van der Waals surface area contributed by atoms with E-state index in [0.717, 1.165) is 25.9 Å². The first-order chi connectivity index (χ1) is 6.77. The summed E-state index contributed by atoms with van der Waals surface area (Å²) in [5, 5.41) is 18.1. The van der Waals surface area contributed by atoms with E-state index in [4.69, 9.17) is 10.8 Å². The van der Waals surface area contributed by atoms with E-state index >= 15 is 0 Å². The number of likely N-dealkylation sites (tertiary alicyclic amines) is 1. The van der Waals surface area contributed by atoms with Gasteiger partial charge in [-0.25, -0.2) is 0 Å². The van der Waals surface area contributed by atoms with Crippen LogP contribution in [0, 0.1) is 0 Å². The summed E-state index contributed by atoms with van der Waals surface area (Å²) in [6.45, 7) is 2.25. The van der Waals surface area contributed by atoms with E-state index < -0.39 is 6.10 Å². The van der Waals surface area contributed by atoms with E-state index in [0.29, 0.717) is 12.6 Å². The number of hydrogen-bond donors (Lipinski definition) is 3. The van der Waals surface area contributed by atoms with Crippen LogP contribution in [0.2, 0.25) is 0 Å². The lowest BCUT2D eigenvalue weighted by molar-refractivity contribution is 0.0540. The van der Waals surface area contributed by atoms with Crippen LogP contribution in [0.25, 0.3) is 0 Å². The van der Waals surface area contributed by atoms with Crippen molar-refractivity contribution in [1.29, 1.82) is 0 Å². The van der Waals surface area contributed by atoms with Crippen molar-refractivity contribution in [3.8, 4) is 0 Å². The molecule has 1 rings (SSSR count). The van der Waals surface area contributed by atoms with Gasteiger partial charge in [0.2, 0.25) is 0 Å². The maximum absolute atomic E-state index is 9.35. The Labute approximate surface area is 85.7 Å². The van der Waals surface area contributed by atoms with Crippen molar-refractivity contribution in [1.82, 2.24) is 4.90 Å². The lowest BCUT2D eigenvalue weighted by Gasteiger charge is -2.26. The fraction of sp³-hybridized carbons (Fsp3) is 1.00. The Hall–Kier alpha value is -0.160. The van der Waals surface area contributed by atoms with Crippen LogP contribution in [0.4, 0.5) is 0 Å². The lowest BCUT2D eigenvalue weighted by Crippen LogP contribution is -2.37. The van der Waals surface area contributed by atoms with Crippen LogP contribution >= 0.6 is 0 Å². The maximum atomic E-state index is 9.35. The summed E-state index contributed by atoms with van der Waals surface area (Å²) in [5.74, 6) is 0. The quantitative estimate of drug-likeness (QED) is 0.545. The maximum Gasteiger partial charge on any atom is 0.0897 e. The van der Waals surface area contributed by atoms with Gasteiger partial charge in [-0.15, -0.1) is 0 Å². The minimum Gasteiger partial charge on any atom is -0.394 e. The van der Waals surface area contributed by atoms with Gasteiger partial charge in [0.25, 0.3) is 0 Å². The van der Waals surface area contributed by atoms with Crippen LogP contribution in [0.3, 0.4) is 0 Å². The van der Waals surface area contributed by atoms with Gasteiger partial charge in [-0.2, -0.15) is 0 Å². The third kappa shape index (κ3) is 3.53. The zero-order chi connectivity index (χ0) is 10.4. The highest BCUT2D eigenvalue weighted by atomic mass is 16.3. The summed E-state index contributed by atoms with van der Waals surface area (Å²) in [5.41, 5.74) is 5.47. The Morgan fingerprint density at radius 3 is 2.93 bits per heavy atom. The number of nitrogens with two attached hydrogens (primary N) is 1. The van der Waals surface area contributed by atoms with Crippen molar-refractivity contribution in [2.75, 3.05) is 26.2 Å². The highest BCUT2D eigenvalue weighted by Crippen LogP contribution is 2.21. The van der Waals surface area contributed by atoms with Crippen LogP contribution in [-0.4, -0.2) is 53.5 Å². The minimum absolute atomic E-state index is 0.139. The number of aliphatic hydroxyl groups excluding tert-OH is 2. The Balaban J connectivity index is 2.27. The highest BCUT2D eigenvalue weighted by molar-refractivity contribution is 4.80. The van der Waals surface area contributed by atoms with Gasteiger partial charge in [0, 0.05) is 12.6 Å². The number of β-amino-alcohol motifs (C(OH)–C–C–N with tert-alkyl or cyclic N) is 1. The molecule has 2 unspecified atom stereocenters. The monoisotopic (exact) mass is 202 g/mol. The molecule has 84 valence electrons. The summed E-state index contributed by atoms with van der Waals surface area (Å²) < 4.78 is 0. The molecule has 2 atom stereocenters. The topological polar surface area (TPSA) is 69.7 Å². The van der Waals surface area contributed by atoms with E-state index in [1.54, 1.807) is 0 Å². The first-order valence-corrected chi connectivity index (χ1v) is 5.51. The first kappa shape index (κ1) is 11.9. The molecule has 4 heteroatoms. The molecule has 0 aromatic rings. The summed E-state index contributed by atoms with van der Waals surface area (Å²) in [6.07, 6.45) is 3.99. The molecule has 1 aliphatic heterocycles.